The van der Waals surface area contributed by atoms with Crippen LogP contribution in [0.4, 0.5) is 17.6 Å². The van der Waals surface area contributed by atoms with Gasteiger partial charge in [-0.15, -0.1) is 0 Å². The summed E-state index contributed by atoms with van der Waals surface area (Å²) in [5, 5.41) is 8.84. The molecule has 2 aromatic rings. The van der Waals surface area contributed by atoms with E-state index >= 15 is 0 Å². The fourth-order valence-corrected chi connectivity index (χ4v) is 2.30. The average molecular weight is 281 g/mol. The minimum Gasteiger partial charge on any atom is -0.382 e. The van der Waals surface area contributed by atoms with Gasteiger partial charge in [-0.05, 0) is 12.1 Å². The molecule has 3 heterocycles. The van der Waals surface area contributed by atoms with Gasteiger partial charge in [-0.1, -0.05) is 6.07 Å². The van der Waals surface area contributed by atoms with Crippen LogP contribution in [0.25, 0.3) is 0 Å². The van der Waals surface area contributed by atoms with Crippen LogP contribution in [-0.4, -0.2) is 41.1 Å². The van der Waals surface area contributed by atoms with E-state index in [-0.39, 0.29) is 5.82 Å². The highest BCUT2D eigenvalue weighted by Crippen LogP contribution is 2.17. The first-order valence-electron chi connectivity index (χ1n) is 6.71. The summed E-state index contributed by atoms with van der Waals surface area (Å²) in [6.07, 6.45) is 3.27. The highest BCUT2D eigenvalue weighted by molar-refractivity contribution is 5.51. The van der Waals surface area contributed by atoms with Crippen molar-refractivity contribution >= 4 is 17.6 Å². The number of nitrogen functional groups attached to an aromatic ring is 1. The molecule has 0 radical (unpaired) electrons. The van der Waals surface area contributed by atoms with Crippen molar-refractivity contribution in [2.24, 2.45) is 0 Å². The van der Waals surface area contributed by atoms with Gasteiger partial charge >= 0.3 is 0 Å². The zero-order valence-electron chi connectivity index (χ0n) is 11.5. The minimum atomic E-state index is 0.231. The molecule has 21 heavy (non-hydrogen) atoms. The summed E-state index contributed by atoms with van der Waals surface area (Å²) >= 11 is 0. The first-order valence-corrected chi connectivity index (χ1v) is 6.71. The molecule has 2 N–H and O–H groups in total. The van der Waals surface area contributed by atoms with Gasteiger partial charge < -0.3 is 15.5 Å². The van der Waals surface area contributed by atoms with Crippen LogP contribution in [0.1, 0.15) is 5.56 Å². The Morgan fingerprint density at radius 1 is 1.10 bits per heavy atom. The van der Waals surface area contributed by atoms with Crippen LogP contribution in [0.3, 0.4) is 0 Å². The molecule has 7 nitrogen and oxygen atoms in total. The second kappa shape index (κ2) is 5.63. The van der Waals surface area contributed by atoms with E-state index in [9.17, 15) is 0 Å². The lowest BCUT2D eigenvalue weighted by Crippen LogP contribution is -2.47. The number of piperazine rings is 1. The molecule has 1 aliphatic rings. The molecular formula is C14H15N7. The van der Waals surface area contributed by atoms with Gasteiger partial charge in [-0.25, -0.2) is 9.97 Å². The molecule has 0 saturated carbocycles. The summed E-state index contributed by atoms with van der Waals surface area (Å²) in [6.45, 7) is 3.28. The average Bonchev–Trinajstić information content (AvgIpc) is 2.56. The van der Waals surface area contributed by atoms with Crippen molar-refractivity contribution in [2.45, 2.75) is 0 Å². The zero-order chi connectivity index (χ0) is 14.7. The van der Waals surface area contributed by atoms with Crippen molar-refractivity contribution < 1.29 is 0 Å². The summed E-state index contributed by atoms with van der Waals surface area (Å²) < 4.78 is 0. The van der Waals surface area contributed by atoms with Gasteiger partial charge in [-0.3, -0.25) is 0 Å². The van der Waals surface area contributed by atoms with E-state index in [4.69, 9.17) is 11.0 Å². The molecule has 0 aliphatic carbocycles. The van der Waals surface area contributed by atoms with Crippen LogP contribution in [0.5, 0.6) is 0 Å². The Morgan fingerprint density at radius 2 is 1.86 bits per heavy atom. The molecule has 3 rings (SSSR count). The van der Waals surface area contributed by atoms with Gasteiger partial charge in [0.25, 0.3) is 0 Å². The standard InChI is InChI=1S/C14H15N7/c15-9-11-10-18-14(19-13(11)16)21-7-5-20(6-8-21)12-3-1-2-4-17-12/h1-4,10H,5-8H2,(H2,16,18,19). The lowest BCUT2D eigenvalue weighted by Gasteiger charge is -2.35. The van der Waals surface area contributed by atoms with Gasteiger partial charge in [0.2, 0.25) is 5.95 Å². The molecule has 1 fully saturated rings. The maximum Gasteiger partial charge on any atom is 0.227 e. The monoisotopic (exact) mass is 281 g/mol. The fourth-order valence-electron chi connectivity index (χ4n) is 2.30. The Hall–Kier alpha value is -2.88. The van der Waals surface area contributed by atoms with E-state index in [1.54, 1.807) is 6.20 Å². The SMILES string of the molecule is N#Cc1cnc(N2CCN(c3ccccn3)CC2)nc1N. The van der Waals surface area contributed by atoms with Gasteiger partial charge in [0.05, 0.1) is 6.20 Å². The van der Waals surface area contributed by atoms with Crippen molar-refractivity contribution in [3.63, 3.8) is 0 Å². The van der Waals surface area contributed by atoms with Crippen molar-refractivity contribution in [1.82, 2.24) is 15.0 Å². The van der Waals surface area contributed by atoms with Gasteiger partial charge in [0.1, 0.15) is 23.3 Å². The molecule has 0 spiro atoms. The summed E-state index contributed by atoms with van der Waals surface area (Å²) in [5.74, 6) is 1.79. The van der Waals surface area contributed by atoms with E-state index in [0.29, 0.717) is 11.5 Å². The lowest BCUT2D eigenvalue weighted by atomic mass is 10.3. The first kappa shape index (κ1) is 13.1. The second-order valence-corrected chi connectivity index (χ2v) is 4.74. The molecule has 0 aromatic carbocycles. The van der Waals surface area contributed by atoms with Gasteiger partial charge in [0.15, 0.2) is 0 Å². The number of nitriles is 1. The first-order chi connectivity index (χ1) is 10.3. The third kappa shape index (κ3) is 2.69. The number of aromatic nitrogens is 3. The molecule has 7 heteroatoms. The summed E-state index contributed by atoms with van der Waals surface area (Å²) in [4.78, 5) is 17.1. The largest absolute Gasteiger partial charge is 0.382 e. The predicted molar refractivity (Wildman–Crippen MR) is 79.8 cm³/mol. The maximum atomic E-state index is 8.84. The Labute approximate surface area is 122 Å². The third-order valence-corrected chi connectivity index (χ3v) is 3.46. The van der Waals surface area contributed by atoms with E-state index < -0.39 is 0 Å². The van der Waals surface area contributed by atoms with Crippen LogP contribution in [0.15, 0.2) is 30.6 Å². The molecule has 0 amide bonds. The topological polar surface area (TPSA) is 95.0 Å². The maximum absolute atomic E-state index is 8.84. The molecule has 0 atom stereocenters. The molecule has 0 unspecified atom stereocenters. The molecule has 1 saturated heterocycles. The normalized spacial score (nSPS) is 14.8. The number of nitrogens with zero attached hydrogens (tertiary/aromatic N) is 6. The number of hydrogen-bond donors (Lipinski definition) is 1. The van der Waals surface area contributed by atoms with Crippen molar-refractivity contribution in [1.29, 1.82) is 5.26 Å². The van der Waals surface area contributed by atoms with Crippen LogP contribution in [0.2, 0.25) is 0 Å². The van der Waals surface area contributed by atoms with Crippen molar-refractivity contribution in [3.05, 3.63) is 36.2 Å². The van der Waals surface area contributed by atoms with Gasteiger partial charge in [-0.2, -0.15) is 10.2 Å². The number of pyridine rings is 1. The number of nitrogens with two attached hydrogens (primary N) is 1. The van der Waals surface area contributed by atoms with E-state index in [2.05, 4.69) is 24.8 Å². The highest BCUT2D eigenvalue weighted by Gasteiger charge is 2.20. The summed E-state index contributed by atoms with van der Waals surface area (Å²) in [6, 6.07) is 7.87. The summed E-state index contributed by atoms with van der Waals surface area (Å²) in [5.41, 5.74) is 6.05. The van der Waals surface area contributed by atoms with Crippen molar-refractivity contribution in [2.75, 3.05) is 41.7 Å². The Kier molecular flexibility index (Phi) is 3.51. The smallest absolute Gasteiger partial charge is 0.227 e. The Morgan fingerprint density at radius 3 is 2.48 bits per heavy atom. The molecule has 0 bridgehead atoms. The van der Waals surface area contributed by atoms with Crippen molar-refractivity contribution in [3.8, 4) is 6.07 Å². The fraction of sp³-hybridized carbons (Fsp3) is 0.286. The summed E-state index contributed by atoms with van der Waals surface area (Å²) in [7, 11) is 0. The number of rotatable bonds is 2. The van der Waals surface area contributed by atoms with E-state index in [0.717, 1.165) is 32.0 Å². The molecule has 1 aliphatic heterocycles. The highest BCUT2D eigenvalue weighted by atomic mass is 15.3. The quantitative estimate of drug-likeness (QED) is 0.863. The second-order valence-electron chi connectivity index (χ2n) is 4.74. The minimum absolute atomic E-state index is 0.231. The molecule has 2 aromatic heterocycles. The van der Waals surface area contributed by atoms with Gasteiger partial charge in [0, 0.05) is 32.4 Å². The van der Waals surface area contributed by atoms with E-state index in [1.807, 2.05) is 24.3 Å². The Bertz CT molecular complexity index is 657. The third-order valence-electron chi connectivity index (χ3n) is 3.46. The Balaban J connectivity index is 1.69. The predicted octanol–water partition coefficient (Wildman–Crippen LogP) is 0.652. The van der Waals surface area contributed by atoms with Crippen LogP contribution in [0, 0.1) is 11.3 Å². The molecular weight excluding hydrogens is 266 g/mol. The van der Waals surface area contributed by atoms with Crippen LogP contribution < -0.4 is 15.5 Å². The van der Waals surface area contributed by atoms with Crippen LogP contribution >= 0.6 is 0 Å². The zero-order valence-corrected chi connectivity index (χ0v) is 11.5. The van der Waals surface area contributed by atoms with Crippen LogP contribution in [-0.2, 0) is 0 Å². The lowest BCUT2D eigenvalue weighted by molar-refractivity contribution is 0.635. The number of hydrogen-bond acceptors (Lipinski definition) is 7. The molecule has 106 valence electrons. The van der Waals surface area contributed by atoms with E-state index in [1.165, 1.54) is 6.20 Å². The number of anilines is 3.